The fourth-order valence-corrected chi connectivity index (χ4v) is 5.18. The van der Waals surface area contributed by atoms with Gasteiger partial charge in [0.1, 0.15) is 6.54 Å². The molecule has 40 heavy (non-hydrogen) atoms. The summed E-state index contributed by atoms with van der Waals surface area (Å²) in [6, 6.07) is 17.4. The molecule has 0 aliphatic carbocycles. The number of hydrogen-bond donors (Lipinski definition) is 1. The summed E-state index contributed by atoms with van der Waals surface area (Å²) in [5.74, 6) is -0.473. The fourth-order valence-electron chi connectivity index (χ4n) is 4.46. The smallest absolute Gasteiger partial charge is 0.254 e. The van der Waals surface area contributed by atoms with Crippen molar-refractivity contribution in [2.75, 3.05) is 44.6 Å². The second kappa shape index (κ2) is 14.0. The van der Waals surface area contributed by atoms with Crippen molar-refractivity contribution in [2.45, 2.75) is 33.2 Å². The molecule has 1 saturated heterocycles. The molecule has 1 N–H and O–H groups in total. The number of nitrogens with zero attached hydrogens (tertiary/aromatic N) is 4. The normalized spacial score (nSPS) is 14.1. The number of hydrogen-bond acceptors (Lipinski definition) is 6. The van der Waals surface area contributed by atoms with E-state index in [9.17, 15) is 14.4 Å². The zero-order valence-electron chi connectivity index (χ0n) is 23.4. The summed E-state index contributed by atoms with van der Waals surface area (Å²) in [6.45, 7) is 9.54. The third-order valence-corrected chi connectivity index (χ3v) is 7.63. The van der Waals surface area contributed by atoms with E-state index in [1.807, 2.05) is 56.0 Å². The number of amides is 3. The Morgan fingerprint density at radius 1 is 1.02 bits per heavy atom. The van der Waals surface area contributed by atoms with Crippen molar-refractivity contribution in [1.82, 2.24) is 19.7 Å². The molecule has 2 aromatic carbocycles. The van der Waals surface area contributed by atoms with Gasteiger partial charge < -0.3 is 15.1 Å². The molecule has 0 atom stereocenters. The minimum Gasteiger partial charge on any atom is -0.340 e. The van der Waals surface area contributed by atoms with Gasteiger partial charge in [-0.05, 0) is 38.5 Å². The van der Waals surface area contributed by atoms with Gasteiger partial charge in [0.15, 0.2) is 5.13 Å². The highest BCUT2D eigenvalue weighted by atomic mass is 32.1. The lowest BCUT2D eigenvalue weighted by molar-refractivity contribution is -0.132. The van der Waals surface area contributed by atoms with E-state index in [1.165, 1.54) is 21.8 Å². The number of aryl methyl sites for hydroxylation is 1. The maximum absolute atomic E-state index is 13.0. The number of carbonyl (C=O) groups is 3. The van der Waals surface area contributed by atoms with Crippen LogP contribution in [-0.4, -0.2) is 82.7 Å². The molecule has 3 amide bonds. The first-order chi connectivity index (χ1) is 19.3. The van der Waals surface area contributed by atoms with E-state index in [-0.39, 0.29) is 36.7 Å². The van der Waals surface area contributed by atoms with Crippen LogP contribution in [-0.2, 0) is 16.0 Å². The molecule has 9 heteroatoms. The average Bonchev–Trinajstić information content (AvgIpc) is 3.38. The first kappa shape index (κ1) is 29.2. The maximum Gasteiger partial charge on any atom is 0.254 e. The van der Waals surface area contributed by atoms with Gasteiger partial charge in [-0.1, -0.05) is 60.2 Å². The molecule has 0 bridgehead atoms. The average molecular weight is 560 g/mol. The van der Waals surface area contributed by atoms with Gasteiger partial charge in [0, 0.05) is 49.7 Å². The Balaban J connectivity index is 1.22. The summed E-state index contributed by atoms with van der Waals surface area (Å²) < 4.78 is 0. The quantitative estimate of drug-likeness (QED) is 0.400. The molecule has 1 aliphatic rings. The largest absolute Gasteiger partial charge is 0.340 e. The number of benzene rings is 2. The third-order valence-electron chi connectivity index (χ3n) is 6.83. The Hall–Kier alpha value is -3.82. The minimum atomic E-state index is -0.321. The molecule has 0 saturated carbocycles. The lowest BCUT2D eigenvalue weighted by Crippen LogP contribution is -2.49. The molecule has 1 fully saturated rings. The van der Waals surface area contributed by atoms with Gasteiger partial charge in [-0.25, -0.2) is 4.98 Å². The summed E-state index contributed by atoms with van der Waals surface area (Å²) >= 11 is 1.28. The van der Waals surface area contributed by atoms with Gasteiger partial charge in [0.05, 0.1) is 12.1 Å². The number of aromatic nitrogens is 1. The van der Waals surface area contributed by atoms with Gasteiger partial charge in [0.2, 0.25) is 11.8 Å². The van der Waals surface area contributed by atoms with Gasteiger partial charge in [0.25, 0.3) is 5.91 Å². The minimum absolute atomic E-state index is 0.0392. The van der Waals surface area contributed by atoms with E-state index in [0.29, 0.717) is 29.5 Å². The van der Waals surface area contributed by atoms with Crippen molar-refractivity contribution in [3.8, 4) is 0 Å². The van der Waals surface area contributed by atoms with E-state index in [0.717, 1.165) is 25.2 Å². The van der Waals surface area contributed by atoms with Crippen molar-refractivity contribution >= 4 is 40.3 Å². The topological polar surface area (TPSA) is 85.8 Å². The predicted molar refractivity (Wildman–Crippen MR) is 160 cm³/mol. The summed E-state index contributed by atoms with van der Waals surface area (Å²) in [5.41, 5.74) is 3.43. The van der Waals surface area contributed by atoms with Crippen LogP contribution in [0.15, 0.2) is 66.1 Å². The molecule has 1 aliphatic heterocycles. The number of rotatable bonds is 10. The monoisotopic (exact) mass is 559 g/mol. The highest BCUT2D eigenvalue weighted by Gasteiger charge is 2.23. The first-order valence-corrected chi connectivity index (χ1v) is 14.5. The Morgan fingerprint density at radius 3 is 2.40 bits per heavy atom. The lowest BCUT2D eigenvalue weighted by Gasteiger charge is -2.34. The molecule has 0 spiro atoms. The summed E-state index contributed by atoms with van der Waals surface area (Å²) in [6.07, 6.45) is 4.49. The number of carbonyl (C=O) groups excluding carboxylic acids is 3. The van der Waals surface area contributed by atoms with Gasteiger partial charge in [-0.15, -0.1) is 11.3 Å². The molecule has 2 heterocycles. The second-order valence-corrected chi connectivity index (χ2v) is 11.1. The molecule has 210 valence electrons. The standard InChI is InChI=1S/C31H37N5O3S/c1-23(2)36(30(39)26-13-11-24(3)12-14-26)21-28(37)33-31-32-27(22-40-31)20-29(38)35-18-16-34(17-19-35)15-7-10-25-8-5-4-6-9-25/h4-14,22-23H,15-21H2,1-3H3,(H,32,33,37). The predicted octanol–water partition coefficient (Wildman–Crippen LogP) is 4.34. The molecule has 1 aromatic heterocycles. The molecule has 8 nitrogen and oxygen atoms in total. The Morgan fingerprint density at radius 2 is 1.73 bits per heavy atom. The number of anilines is 1. The third kappa shape index (κ3) is 8.34. The van der Waals surface area contributed by atoms with Crippen molar-refractivity contribution < 1.29 is 14.4 Å². The van der Waals surface area contributed by atoms with Crippen LogP contribution in [0.5, 0.6) is 0 Å². The van der Waals surface area contributed by atoms with E-state index in [4.69, 9.17) is 0 Å². The van der Waals surface area contributed by atoms with E-state index >= 15 is 0 Å². The summed E-state index contributed by atoms with van der Waals surface area (Å²) in [7, 11) is 0. The molecular weight excluding hydrogens is 522 g/mol. The first-order valence-electron chi connectivity index (χ1n) is 13.6. The maximum atomic E-state index is 13.0. The number of nitrogens with one attached hydrogen (secondary N) is 1. The number of thiazole rings is 1. The Labute approximate surface area is 240 Å². The van der Waals surface area contributed by atoms with Crippen LogP contribution in [0.3, 0.4) is 0 Å². The van der Waals surface area contributed by atoms with Crippen molar-refractivity contribution in [3.63, 3.8) is 0 Å². The molecule has 0 unspecified atom stereocenters. The molecule has 4 rings (SSSR count). The zero-order valence-corrected chi connectivity index (χ0v) is 24.2. The molecular formula is C31H37N5O3S. The van der Waals surface area contributed by atoms with Crippen LogP contribution >= 0.6 is 11.3 Å². The van der Waals surface area contributed by atoms with Crippen LogP contribution in [0.25, 0.3) is 6.08 Å². The Kier molecular flexibility index (Phi) is 10.2. The van der Waals surface area contributed by atoms with Gasteiger partial charge in [-0.2, -0.15) is 0 Å². The van der Waals surface area contributed by atoms with Crippen molar-refractivity contribution in [3.05, 3.63) is 88.4 Å². The second-order valence-electron chi connectivity index (χ2n) is 10.3. The van der Waals surface area contributed by atoms with E-state index < -0.39 is 0 Å². The molecule has 0 radical (unpaired) electrons. The van der Waals surface area contributed by atoms with Gasteiger partial charge >= 0.3 is 0 Å². The highest BCUT2D eigenvalue weighted by molar-refractivity contribution is 7.13. The Bertz CT molecular complexity index is 1310. The van der Waals surface area contributed by atoms with Crippen molar-refractivity contribution in [2.24, 2.45) is 0 Å². The van der Waals surface area contributed by atoms with Crippen LogP contribution in [0, 0.1) is 6.92 Å². The highest BCUT2D eigenvalue weighted by Crippen LogP contribution is 2.18. The van der Waals surface area contributed by atoms with Crippen molar-refractivity contribution in [1.29, 1.82) is 0 Å². The summed E-state index contributed by atoms with van der Waals surface area (Å²) in [4.78, 5) is 48.8. The van der Waals surface area contributed by atoms with Crippen LogP contribution in [0.2, 0.25) is 0 Å². The SMILES string of the molecule is Cc1ccc(C(=O)N(CC(=O)Nc2nc(CC(=O)N3CCN(CC=Cc4ccccc4)CC3)cs2)C(C)C)cc1. The van der Waals surface area contributed by atoms with E-state index in [2.05, 4.69) is 39.5 Å². The van der Waals surface area contributed by atoms with Gasteiger partial charge in [-0.3, -0.25) is 19.3 Å². The fraction of sp³-hybridized carbons (Fsp3) is 0.355. The van der Waals surface area contributed by atoms with Crippen LogP contribution in [0.4, 0.5) is 5.13 Å². The molecule has 3 aromatic rings. The van der Waals surface area contributed by atoms with Crippen LogP contribution in [0.1, 0.15) is 41.0 Å². The lowest BCUT2D eigenvalue weighted by atomic mass is 10.1. The zero-order chi connectivity index (χ0) is 28.5. The van der Waals surface area contributed by atoms with Crippen LogP contribution < -0.4 is 5.32 Å². The van der Waals surface area contributed by atoms with E-state index in [1.54, 1.807) is 17.5 Å². The number of piperazine rings is 1. The summed E-state index contributed by atoms with van der Waals surface area (Å²) in [5, 5.41) is 5.02.